The fourth-order valence-corrected chi connectivity index (χ4v) is 2.44. The van der Waals surface area contributed by atoms with E-state index in [0.717, 1.165) is 28.8 Å². The number of rotatable bonds is 3. The third-order valence-electron chi connectivity index (χ3n) is 3.68. The zero-order valence-corrected chi connectivity index (χ0v) is 13.3. The predicted octanol–water partition coefficient (Wildman–Crippen LogP) is 0.594. The maximum atomic E-state index is 12.2. The molecule has 0 atom stereocenters. The standard InChI is InChI=1S/C17H18N4O2/c1-4-13-14(5-2)20-21-15(16(22)19-17(21)18-13)10-11-6-8-12(23-3)9-7-11/h5-10,20H,4H2,1-3H3/b14-5-,15-10+. The number of nitrogens with zero attached hydrogens (tertiary/aromatic N) is 3. The van der Waals surface area contributed by atoms with Gasteiger partial charge in [0.05, 0.1) is 18.2 Å². The molecule has 0 spiro atoms. The first-order valence-electron chi connectivity index (χ1n) is 7.46. The van der Waals surface area contributed by atoms with Crippen molar-refractivity contribution in [2.45, 2.75) is 20.3 Å². The Labute approximate surface area is 133 Å². The van der Waals surface area contributed by atoms with Crippen LogP contribution in [0.3, 0.4) is 0 Å². The number of aromatic nitrogens is 4. The fourth-order valence-electron chi connectivity index (χ4n) is 2.44. The number of imidazole rings is 1. The van der Waals surface area contributed by atoms with E-state index < -0.39 is 0 Å². The molecule has 0 aromatic heterocycles. The maximum Gasteiger partial charge on any atom is 0.299 e. The van der Waals surface area contributed by atoms with Gasteiger partial charge in [0.2, 0.25) is 0 Å². The summed E-state index contributed by atoms with van der Waals surface area (Å²) in [5.74, 6) is 1.16. The summed E-state index contributed by atoms with van der Waals surface area (Å²) in [5.41, 5.74) is 1.47. The van der Waals surface area contributed by atoms with Crippen LogP contribution in [0.1, 0.15) is 25.1 Å². The highest BCUT2D eigenvalue weighted by molar-refractivity contribution is 5.50. The number of ether oxygens (including phenoxy) is 1. The van der Waals surface area contributed by atoms with E-state index in [-0.39, 0.29) is 5.56 Å². The largest absolute Gasteiger partial charge is 0.497 e. The number of nitrogens with one attached hydrogen (secondary N) is 1. The van der Waals surface area contributed by atoms with Gasteiger partial charge >= 0.3 is 0 Å². The molecule has 6 heteroatoms. The van der Waals surface area contributed by atoms with Crippen molar-refractivity contribution in [2.24, 2.45) is 0 Å². The van der Waals surface area contributed by atoms with Gasteiger partial charge in [-0.1, -0.05) is 25.1 Å². The topological polar surface area (TPSA) is 72.8 Å². The quantitative estimate of drug-likeness (QED) is 0.768. The van der Waals surface area contributed by atoms with Crippen LogP contribution in [0.2, 0.25) is 0 Å². The average Bonchev–Trinajstić information content (AvgIpc) is 2.89. The Kier molecular flexibility index (Phi) is 3.97. The molecule has 1 N–H and O–H groups in total. The van der Waals surface area contributed by atoms with Gasteiger partial charge in [0.15, 0.2) is 0 Å². The van der Waals surface area contributed by atoms with E-state index in [1.54, 1.807) is 17.9 Å². The number of hydrogen-bond donors (Lipinski definition) is 1. The number of fused-ring (bicyclic) bond motifs is 1. The Morgan fingerprint density at radius 2 is 2.00 bits per heavy atom. The number of hydrogen-bond acceptors (Lipinski definition) is 4. The monoisotopic (exact) mass is 310 g/mol. The summed E-state index contributed by atoms with van der Waals surface area (Å²) in [6.45, 7) is 3.95. The molecule has 0 saturated carbocycles. The lowest BCUT2D eigenvalue weighted by Gasteiger charge is -2.06. The van der Waals surface area contributed by atoms with Crippen LogP contribution in [0.25, 0.3) is 18.1 Å². The maximum absolute atomic E-state index is 12.2. The van der Waals surface area contributed by atoms with Crippen LogP contribution in [0.5, 0.6) is 5.75 Å². The average molecular weight is 310 g/mol. The van der Waals surface area contributed by atoms with E-state index in [2.05, 4.69) is 15.1 Å². The van der Waals surface area contributed by atoms with Crippen LogP contribution in [-0.4, -0.2) is 26.9 Å². The van der Waals surface area contributed by atoms with Gasteiger partial charge in [-0.15, -0.1) is 0 Å². The number of aryl methyl sites for hydroxylation is 1. The molecule has 2 aliphatic heterocycles. The summed E-state index contributed by atoms with van der Waals surface area (Å²) in [6.07, 6.45) is 4.49. The van der Waals surface area contributed by atoms with Crippen LogP contribution in [0, 0.1) is 0 Å². The Balaban J connectivity index is 2.23. The lowest BCUT2D eigenvalue weighted by Crippen LogP contribution is -2.33. The van der Waals surface area contributed by atoms with E-state index in [1.807, 2.05) is 44.2 Å². The minimum Gasteiger partial charge on any atom is -0.497 e. The molecule has 1 aromatic rings. The molecule has 0 fully saturated rings. The second-order valence-corrected chi connectivity index (χ2v) is 5.08. The third kappa shape index (κ3) is 2.75. The van der Waals surface area contributed by atoms with Gasteiger partial charge in [-0.2, -0.15) is 4.98 Å². The minimum absolute atomic E-state index is 0.306. The van der Waals surface area contributed by atoms with E-state index in [0.29, 0.717) is 11.3 Å². The van der Waals surface area contributed by atoms with E-state index >= 15 is 0 Å². The van der Waals surface area contributed by atoms with Crippen molar-refractivity contribution in [1.29, 1.82) is 0 Å². The second kappa shape index (κ2) is 6.08. The lowest BCUT2D eigenvalue weighted by atomic mass is 10.2. The molecular weight excluding hydrogens is 292 g/mol. The molecule has 2 aliphatic rings. The molecule has 2 heterocycles. The minimum atomic E-state index is -0.306. The molecule has 118 valence electrons. The van der Waals surface area contributed by atoms with Crippen LogP contribution in [0.15, 0.2) is 29.1 Å². The highest BCUT2D eigenvalue weighted by Crippen LogP contribution is 2.11. The van der Waals surface area contributed by atoms with E-state index in [4.69, 9.17) is 4.74 Å². The zero-order chi connectivity index (χ0) is 16.4. The van der Waals surface area contributed by atoms with Gasteiger partial charge in [-0.05, 0) is 37.1 Å². The van der Waals surface area contributed by atoms with E-state index in [9.17, 15) is 4.79 Å². The van der Waals surface area contributed by atoms with Crippen molar-refractivity contribution in [3.8, 4) is 11.7 Å². The molecule has 6 nitrogen and oxygen atoms in total. The van der Waals surface area contributed by atoms with Crippen molar-refractivity contribution < 1.29 is 4.74 Å². The fraction of sp³-hybridized carbons (Fsp3) is 0.235. The molecule has 23 heavy (non-hydrogen) atoms. The molecule has 0 amide bonds. The van der Waals surface area contributed by atoms with Gasteiger partial charge in [0.25, 0.3) is 11.5 Å². The molecular formula is C17H18N4O2. The van der Waals surface area contributed by atoms with E-state index in [1.165, 1.54) is 0 Å². The Bertz CT molecular complexity index is 967. The molecule has 1 aromatic carbocycles. The normalized spacial score (nSPS) is 13.0. The highest BCUT2D eigenvalue weighted by Gasteiger charge is 2.12. The zero-order valence-electron chi connectivity index (χ0n) is 13.3. The van der Waals surface area contributed by atoms with Crippen LogP contribution in [-0.2, 0) is 6.42 Å². The lowest BCUT2D eigenvalue weighted by molar-refractivity contribution is 0.415. The van der Waals surface area contributed by atoms with Crippen molar-refractivity contribution >= 4 is 12.2 Å². The van der Waals surface area contributed by atoms with Crippen LogP contribution >= 0.6 is 0 Å². The van der Waals surface area contributed by atoms with Crippen molar-refractivity contribution in [1.82, 2.24) is 19.7 Å². The summed E-state index contributed by atoms with van der Waals surface area (Å²) in [6, 6.07) is 7.47. The summed E-state index contributed by atoms with van der Waals surface area (Å²) >= 11 is 0. The first kappa shape index (κ1) is 15.0. The Morgan fingerprint density at radius 1 is 1.26 bits per heavy atom. The number of aromatic amines is 1. The molecule has 0 saturated heterocycles. The summed E-state index contributed by atoms with van der Waals surface area (Å²) in [5, 5.41) is 4.55. The third-order valence-corrected chi connectivity index (χ3v) is 3.68. The van der Waals surface area contributed by atoms with Crippen molar-refractivity contribution in [3.05, 3.63) is 56.6 Å². The van der Waals surface area contributed by atoms with Gasteiger partial charge in [0.1, 0.15) is 11.1 Å². The molecule has 0 bridgehead atoms. The molecule has 0 aliphatic carbocycles. The first-order valence-corrected chi connectivity index (χ1v) is 7.46. The molecule has 0 radical (unpaired) electrons. The van der Waals surface area contributed by atoms with Gasteiger partial charge in [-0.3, -0.25) is 9.89 Å². The summed E-state index contributed by atoms with van der Waals surface area (Å²) in [4.78, 5) is 20.7. The Morgan fingerprint density at radius 3 is 2.61 bits per heavy atom. The van der Waals surface area contributed by atoms with Gasteiger partial charge < -0.3 is 4.74 Å². The SMILES string of the molecule is C/C=c1\[nH]n2/c(=C/c3ccc(OC)cc3)c(=O)nc-2nc1CC. The van der Waals surface area contributed by atoms with Crippen LogP contribution < -0.4 is 21.0 Å². The van der Waals surface area contributed by atoms with Crippen molar-refractivity contribution in [3.63, 3.8) is 0 Å². The first-order chi connectivity index (χ1) is 11.2. The summed E-state index contributed by atoms with van der Waals surface area (Å²) < 4.78 is 6.77. The number of benzene rings is 1. The highest BCUT2D eigenvalue weighted by atomic mass is 16.5. The Hall–Kier alpha value is -2.89. The van der Waals surface area contributed by atoms with Crippen LogP contribution in [0.4, 0.5) is 0 Å². The van der Waals surface area contributed by atoms with Gasteiger partial charge in [-0.25, -0.2) is 9.67 Å². The second-order valence-electron chi connectivity index (χ2n) is 5.08. The predicted molar refractivity (Wildman–Crippen MR) is 88.5 cm³/mol. The number of H-pyrrole nitrogens is 1. The summed E-state index contributed by atoms with van der Waals surface area (Å²) in [7, 11) is 1.62. The molecule has 3 rings (SSSR count). The van der Waals surface area contributed by atoms with Gasteiger partial charge in [0, 0.05) is 0 Å². The molecule has 0 unspecified atom stereocenters. The number of methoxy groups -OCH3 is 1. The van der Waals surface area contributed by atoms with Crippen molar-refractivity contribution in [2.75, 3.05) is 7.11 Å². The smallest absolute Gasteiger partial charge is 0.299 e.